The fraction of sp³-hybridized carbons (Fsp3) is 0.429. The number of anilines is 1. The van der Waals surface area contributed by atoms with Gasteiger partial charge in [-0.2, -0.15) is 0 Å². The van der Waals surface area contributed by atoms with Crippen LogP contribution < -0.4 is 5.32 Å². The zero-order chi connectivity index (χ0) is 14.5. The molecule has 1 N–H and O–H groups in total. The maximum absolute atomic E-state index is 13.2. The van der Waals surface area contributed by atoms with E-state index < -0.39 is 0 Å². The van der Waals surface area contributed by atoms with Crippen molar-refractivity contribution in [2.75, 3.05) is 18.5 Å². The largest absolute Gasteiger partial charge is 0.372 e. The van der Waals surface area contributed by atoms with Crippen LogP contribution in [0.4, 0.5) is 10.3 Å². The van der Waals surface area contributed by atoms with E-state index in [4.69, 9.17) is 4.74 Å². The van der Waals surface area contributed by atoms with E-state index in [0.29, 0.717) is 24.6 Å². The topological polar surface area (TPSA) is 56.1 Å². The van der Waals surface area contributed by atoms with Crippen LogP contribution in [0.15, 0.2) is 18.2 Å². The fourth-order valence-corrected chi connectivity index (χ4v) is 1.99. The van der Waals surface area contributed by atoms with Gasteiger partial charge in [0.1, 0.15) is 12.4 Å². The molecule has 1 amide bonds. The summed E-state index contributed by atoms with van der Waals surface area (Å²) in [6, 6.07) is 4.39. The lowest BCUT2D eigenvalue weighted by molar-refractivity contribution is -0.120. The Hall–Kier alpha value is -1.95. The highest BCUT2D eigenvalue weighted by molar-refractivity contribution is 5.92. The minimum absolute atomic E-state index is 0.00484. The number of imidazole rings is 1. The Kier molecular flexibility index (Phi) is 4.68. The molecule has 0 fully saturated rings. The number of hydrogen-bond acceptors (Lipinski definition) is 3. The monoisotopic (exact) mass is 279 g/mol. The van der Waals surface area contributed by atoms with Crippen molar-refractivity contribution in [2.45, 2.75) is 26.8 Å². The molecule has 0 spiro atoms. The van der Waals surface area contributed by atoms with E-state index in [0.717, 1.165) is 11.9 Å². The molecule has 0 aliphatic heterocycles. The summed E-state index contributed by atoms with van der Waals surface area (Å²) in [4.78, 5) is 16.0. The van der Waals surface area contributed by atoms with Gasteiger partial charge in [-0.05, 0) is 25.5 Å². The third-order valence-electron chi connectivity index (χ3n) is 2.86. The first-order chi connectivity index (χ1) is 9.65. The molecule has 6 heteroatoms. The molecule has 1 aromatic carbocycles. The van der Waals surface area contributed by atoms with Gasteiger partial charge in [0.2, 0.25) is 5.95 Å². The smallest absolute Gasteiger partial charge is 0.252 e. The molecule has 5 nitrogen and oxygen atoms in total. The van der Waals surface area contributed by atoms with Gasteiger partial charge in [0.25, 0.3) is 5.91 Å². The Morgan fingerprint density at radius 2 is 2.25 bits per heavy atom. The second-order valence-electron chi connectivity index (χ2n) is 4.41. The number of aryl methyl sites for hydroxylation is 1. The summed E-state index contributed by atoms with van der Waals surface area (Å²) in [5.41, 5.74) is 1.32. The van der Waals surface area contributed by atoms with Crippen LogP contribution in [0.1, 0.15) is 20.3 Å². The Labute approximate surface area is 116 Å². The molecular weight excluding hydrogens is 261 g/mol. The SMILES string of the molecule is CCCOCC(=O)Nc1nc2cc(F)ccc2n1CC. The molecule has 0 saturated carbocycles. The number of nitrogens with one attached hydrogen (secondary N) is 1. The van der Waals surface area contributed by atoms with E-state index >= 15 is 0 Å². The Morgan fingerprint density at radius 1 is 1.45 bits per heavy atom. The van der Waals surface area contributed by atoms with Gasteiger partial charge < -0.3 is 9.30 Å². The molecular formula is C14H18FN3O2. The van der Waals surface area contributed by atoms with E-state index in [9.17, 15) is 9.18 Å². The Morgan fingerprint density at radius 3 is 2.95 bits per heavy atom. The molecule has 108 valence electrons. The molecule has 0 unspecified atom stereocenters. The second kappa shape index (κ2) is 6.47. The molecule has 0 bridgehead atoms. The summed E-state index contributed by atoms with van der Waals surface area (Å²) in [5.74, 6) is -0.190. The highest BCUT2D eigenvalue weighted by Gasteiger charge is 2.12. The number of aromatic nitrogens is 2. The van der Waals surface area contributed by atoms with Crippen LogP contribution in [0.2, 0.25) is 0 Å². The summed E-state index contributed by atoms with van der Waals surface area (Å²) in [6.45, 7) is 5.09. The molecule has 0 atom stereocenters. The molecule has 0 radical (unpaired) electrons. The highest BCUT2D eigenvalue weighted by atomic mass is 19.1. The van der Waals surface area contributed by atoms with Crippen molar-refractivity contribution in [3.8, 4) is 0 Å². The quantitative estimate of drug-likeness (QED) is 0.827. The number of carbonyl (C=O) groups excluding carboxylic acids is 1. The van der Waals surface area contributed by atoms with Crippen LogP contribution in [0, 0.1) is 5.82 Å². The number of ether oxygens (including phenoxy) is 1. The molecule has 0 aliphatic carbocycles. The van der Waals surface area contributed by atoms with Crippen molar-refractivity contribution in [3.63, 3.8) is 0 Å². The van der Waals surface area contributed by atoms with E-state index in [1.807, 2.05) is 18.4 Å². The Bertz CT molecular complexity index is 610. The maximum atomic E-state index is 13.2. The van der Waals surface area contributed by atoms with Crippen molar-refractivity contribution in [2.24, 2.45) is 0 Å². The van der Waals surface area contributed by atoms with Crippen molar-refractivity contribution in [1.29, 1.82) is 0 Å². The van der Waals surface area contributed by atoms with Crippen LogP contribution in [0.3, 0.4) is 0 Å². The molecule has 1 aromatic heterocycles. The van der Waals surface area contributed by atoms with Gasteiger partial charge in [-0.15, -0.1) is 0 Å². The number of fused-ring (bicyclic) bond motifs is 1. The number of amides is 1. The normalized spacial score (nSPS) is 10.9. The standard InChI is InChI=1S/C14H18FN3O2/c1-3-7-20-9-13(19)17-14-16-11-8-10(15)5-6-12(11)18(14)4-2/h5-6,8H,3-4,7,9H2,1-2H3,(H,16,17,19). The van der Waals surface area contributed by atoms with Gasteiger partial charge in [-0.25, -0.2) is 9.37 Å². The Balaban J connectivity index is 2.18. The minimum Gasteiger partial charge on any atom is -0.372 e. The molecule has 2 aromatic rings. The number of rotatable bonds is 6. The molecule has 2 rings (SSSR count). The first-order valence-corrected chi connectivity index (χ1v) is 6.69. The van der Waals surface area contributed by atoms with Gasteiger partial charge in [0.05, 0.1) is 11.0 Å². The molecule has 1 heterocycles. The highest BCUT2D eigenvalue weighted by Crippen LogP contribution is 2.20. The predicted molar refractivity (Wildman–Crippen MR) is 75.1 cm³/mol. The van der Waals surface area contributed by atoms with Crippen molar-refractivity contribution in [1.82, 2.24) is 9.55 Å². The predicted octanol–water partition coefficient (Wildman–Crippen LogP) is 2.56. The number of nitrogens with zero attached hydrogens (tertiary/aromatic N) is 2. The molecule has 0 aliphatic rings. The van der Waals surface area contributed by atoms with Crippen LogP contribution >= 0.6 is 0 Å². The summed E-state index contributed by atoms with van der Waals surface area (Å²) in [7, 11) is 0. The van der Waals surface area contributed by atoms with Gasteiger partial charge in [0, 0.05) is 19.2 Å². The van der Waals surface area contributed by atoms with E-state index in [1.165, 1.54) is 12.1 Å². The first kappa shape index (κ1) is 14.5. The lowest BCUT2D eigenvalue weighted by Crippen LogP contribution is -2.21. The van der Waals surface area contributed by atoms with Crippen LogP contribution in [0.5, 0.6) is 0 Å². The number of carbonyl (C=O) groups is 1. The van der Waals surface area contributed by atoms with Crippen LogP contribution in [-0.2, 0) is 16.1 Å². The zero-order valence-corrected chi connectivity index (χ0v) is 11.6. The summed E-state index contributed by atoms with van der Waals surface area (Å²) in [5, 5.41) is 2.69. The van der Waals surface area contributed by atoms with Crippen molar-refractivity contribution < 1.29 is 13.9 Å². The van der Waals surface area contributed by atoms with Crippen molar-refractivity contribution >= 4 is 22.9 Å². The summed E-state index contributed by atoms with van der Waals surface area (Å²) >= 11 is 0. The average Bonchev–Trinajstić information content (AvgIpc) is 2.75. The van der Waals surface area contributed by atoms with Gasteiger partial charge in [-0.3, -0.25) is 10.1 Å². The lowest BCUT2D eigenvalue weighted by atomic mass is 10.3. The third-order valence-corrected chi connectivity index (χ3v) is 2.86. The lowest BCUT2D eigenvalue weighted by Gasteiger charge is -2.07. The maximum Gasteiger partial charge on any atom is 0.252 e. The zero-order valence-electron chi connectivity index (χ0n) is 11.6. The molecule has 0 saturated heterocycles. The second-order valence-corrected chi connectivity index (χ2v) is 4.41. The van der Waals surface area contributed by atoms with Gasteiger partial charge >= 0.3 is 0 Å². The van der Waals surface area contributed by atoms with E-state index in [-0.39, 0.29) is 18.3 Å². The third kappa shape index (κ3) is 3.14. The number of benzene rings is 1. The van der Waals surface area contributed by atoms with E-state index in [1.54, 1.807) is 6.07 Å². The molecule has 20 heavy (non-hydrogen) atoms. The summed E-state index contributed by atoms with van der Waals surface area (Å²) in [6.07, 6.45) is 0.861. The number of hydrogen-bond donors (Lipinski definition) is 1. The number of halogens is 1. The van der Waals surface area contributed by atoms with Crippen LogP contribution in [0.25, 0.3) is 11.0 Å². The van der Waals surface area contributed by atoms with Crippen molar-refractivity contribution in [3.05, 3.63) is 24.0 Å². The fourth-order valence-electron chi connectivity index (χ4n) is 1.99. The summed E-state index contributed by atoms with van der Waals surface area (Å²) < 4.78 is 20.2. The van der Waals surface area contributed by atoms with Gasteiger partial charge in [-0.1, -0.05) is 6.92 Å². The minimum atomic E-state index is -0.345. The van der Waals surface area contributed by atoms with Gasteiger partial charge in [0.15, 0.2) is 0 Å². The first-order valence-electron chi connectivity index (χ1n) is 6.69. The van der Waals surface area contributed by atoms with E-state index in [2.05, 4.69) is 10.3 Å². The average molecular weight is 279 g/mol. The van der Waals surface area contributed by atoms with Crippen LogP contribution in [-0.4, -0.2) is 28.7 Å².